The van der Waals surface area contributed by atoms with Crippen molar-refractivity contribution < 1.29 is 14.4 Å². The zero-order valence-corrected chi connectivity index (χ0v) is 14.3. The Balaban J connectivity index is 1.82. The molecule has 2 aromatic carbocycles. The molecule has 1 heterocycles. The predicted octanol–water partition coefficient (Wildman–Crippen LogP) is 2.54. The van der Waals surface area contributed by atoms with Crippen molar-refractivity contribution in [3.8, 4) is 6.07 Å². The summed E-state index contributed by atoms with van der Waals surface area (Å²) in [7, 11) is 0. The summed E-state index contributed by atoms with van der Waals surface area (Å²) in [5.74, 6) is -1.34. The number of fused-ring (bicyclic) bond motifs is 1. The minimum absolute atomic E-state index is 0.154. The Kier molecular flexibility index (Phi) is 4.81. The van der Waals surface area contributed by atoms with Gasteiger partial charge in [0.15, 0.2) is 0 Å². The summed E-state index contributed by atoms with van der Waals surface area (Å²) in [6.07, 6.45) is 0.154. The first-order chi connectivity index (χ1) is 12.5. The number of carbonyl (C=O) groups excluding carboxylic acids is 3. The smallest absolute Gasteiger partial charge is 0.262 e. The first kappa shape index (κ1) is 17.4. The van der Waals surface area contributed by atoms with Gasteiger partial charge in [-0.25, -0.2) is 0 Å². The second kappa shape index (κ2) is 7.19. The molecule has 3 rings (SSSR count). The summed E-state index contributed by atoms with van der Waals surface area (Å²) in [4.78, 5) is 40.1. The maximum atomic E-state index is 12.8. The van der Waals surface area contributed by atoms with Gasteiger partial charge in [-0.05, 0) is 31.2 Å². The van der Waals surface area contributed by atoms with Gasteiger partial charge in [-0.2, -0.15) is 5.26 Å². The molecule has 6 nitrogen and oxygen atoms in total. The molecule has 0 radical (unpaired) electrons. The van der Waals surface area contributed by atoms with E-state index in [2.05, 4.69) is 0 Å². The number of imide groups is 1. The zero-order chi connectivity index (χ0) is 18.7. The molecule has 26 heavy (non-hydrogen) atoms. The minimum atomic E-state index is -0.469. The standard InChI is InChI=1S/C20H17N3O3/c1-14-7-9-15(10-8-14)22(12-4-11-21)18(24)13-23-19(25)16-5-2-3-6-17(16)20(23)26/h2-3,5-10H,4,12-13H2,1H3. The van der Waals surface area contributed by atoms with E-state index in [0.29, 0.717) is 16.8 Å². The van der Waals surface area contributed by atoms with Crippen LogP contribution >= 0.6 is 0 Å². The van der Waals surface area contributed by atoms with Crippen LogP contribution in [0.2, 0.25) is 0 Å². The Morgan fingerprint density at radius 2 is 1.62 bits per heavy atom. The highest BCUT2D eigenvalue weighted by Gasteiger charge is 2.37. The van der Waals surface area contributed by atoms with E-state index in [1.54, 1.807) is 36.4 Å². The highest BCUT2D eigenvalue weighted by atomic mass is 16.2. The molecule has 0 aromatic heterocycles. The largest absolute Gasteiger partial charge is 0.310 e. The van der Waals surface area contributed by atoms with E-state index >= 15 is 0 Å². The lowest BCUT2D eigenvalue weighted by atomic mass is 10.1. The number of benzene rings is 2. The normalized spacial score (nSPS) is 12.7. The average molecular weight is 347 g/mol. The van der Waals surface area contributed by atoms with Crippen LogP contribution in [0.1, 0.15) is 32.7 Å². The van der Waals surface area contributed by atoms with Crippen molar-refractivity contribution in [1.29, 1.82) is 5.26 Å². The Morgan fingerprint density at radius 1 is 1.04 bits per heavy atom. The molecule has 0 saturated carbocycles. The molecule has 1 aliphatic heterocycles. The summed E-state index contributed by atoms with van der Waals surface area (Å²) in [6.45, 7) is 1.78. The third-order valence-electron chi connectivity index (χ3n) is 4.27. The molecule has 6 heteroatoms. The van der Waals surface area contributed by atoms with Crippen molar-refractivity contribution in [2.24, 2.45) is 0 Å². The molecular formula is C20H17N3O3. The van der Waals surface area contributed by atoms with Crippen molar-refractivity contribution >= 4 is 23.4 Å². The van der Waals surface area contributed by atoms with Crippen LogP contribution in [0.25, 0.3) is 0 Å². The van der Waals surface area contributed by atoms with E-state index in [1.807, 2.05) is 25.1 Å². The Bertz CT molecular complexity index is 878. The van der Waals surface area contributed by atoms with Gasteiger partial charge in [-0.1, -0.05) is 29.8 Å². The third kappa shape index (κ3) is 3.20. The fourth-order valence-electron chi connectivity index (χ4n) is 2.89. The molecular weight excluding hydrogens is 330 g/mol. The maximum absolute atomic E-state index is 12.8. The van der Waals surface area contributed by atoms with Crippen LogP contribution in [0.15, 0.2) is 48.5 Å². The van der Waals surface area contributed by atoms with Gasteiger partial charge in [0.2, 0.25) is 5.91 Å². The Hall–Kier alpha value is -3.46. The van der Waals surface area contributed by atoms with Crippen molar-refractivity contribution in [3.05, 3.63) is 65.2 Å². The van der Waals surface area contributed by atoms with Gasteiger partial charge in [-0.3, -0.25) is 19.3 Å². The molecule has 0 fully saturated rings. The number of amides is 3. The lowest BCUT2D eigenvalue weighted by Crippen LogP contribution is -2.43. The highest BCUT2D eigenvalue weighted by molar-refractivity contribution is 6.22. The summed E-state index contributed by atoms with van der Waals surface area (Å²) in [6, 6.07) is 15.8. The van der Waals surface area contributed by atoms with E-state index in [4.69, 9.17) is 5.26 Å². The maximum Gasteiger partial charge on any atom is 0.262 e. The van der Waals surface area contributed by atoms with Crippen LogP contribution in [0.4, 0.5) is 5.69 Å². The van der Waals surface area contributed by atoms with Crippen LogP contribution in [0.3, 0.4) is 0 Å². The summed E-state index contributed by atoms with van der Waals surface area (Å²) in [5.41, 5.74) is 2.29. The predicted molar refractivity (Wildman–Crippen MR) is 95.6 cm³/mol. The molecule has 0 saturated heterocycles. The molecule has 0 unspecified atom stereocenters. The fraction of sp³-hybridized carbons (Fsp3) is 0.200. The number of rotatable bonds is 5. The molecule has 0 atom stereocenters. The van der Waals surface area contributed by atoms with Crippen LogP contribution < -0.4 is 4.90 Å². The van der Waals surface area contributed by atoms with Crippen LogP contribution in [0, 0.1) is 18.3 Å². The minimum Gasteiger partial charge on any atom is -0.310 e. The van der Waals surface area contributed by atoms with Gasteiger partial charge >= 0.3 is 0 Å². The Labute approximate surface area is 151 Å². The van der Waals surface area contributed by atoms with Crippen molar-refractivity contribution in [2.75, 3.05) is 18.0 Å². The van der Waals surface area contributed by atoms with Gasteiger partial charge in [0.1, 0.15) is 6.54 Å². The van der Waals surface area contributed by atoms with Crippen LogP contribution in [-0.2, 0) is 4.79 Å². The molecule has 0 spiro atoms. The Morgan fingerprint density at radius 3 is 2.15 bits per heavy atom. The number of nitriles is 1. The van der Waals surface area contributed by atoms with E-state index in [0.717, 1.165) is 10.5 Å². The van der Waals surface area contributed by atoms with Crippen LogP contribution in [0.5, 0.6) is 0 Å². The van der Waals surface area contributed by atoms with Gasteiger partial charge in [0.05, 0.1) is 23.6 Å². The van der Waals surface area contributed by atoms with Gasteiger partial charge < -0.3 is 4.90 Å². The number of hydrogen-bond donors (Lipinski definition) is 0. The van der Waals surface area contributed by atoms with Gasteiger partial charge in [-0.15, -0.1) is 0 Å². The second-order valence-electron chi connectivity index (χ2n) is 6.03. The molecule has 130 valence electrons. The molecule has 1 aliphatic rings. The quantitative estimate of drug-likeness (QED) is 0.778. The second-order valence-corrected chi connectivity index (χ2v) is 6.03. The monoisotopic (exact) mass is 347 g/mol. The first-order valence-corrected chi connectivity index (χ1v) is 8.22. The zero-order valence-electron chi connectivity index (χ0n) is 14.3. The molecule has 0 N–H and O–H groups in total. The molecule has 3 amide bonds. The van der Waals surface area contributed by atoms with Crippen molar-refractivity contribution in [1.82, 2.24) is 4.90 Å². The molecule has 0 aliphatic carbocycles. The molecule has 0 bridgehead atoms. The topological polar surface area (TPSA) is 81.5 Å². The number of nitrogens with zero attached hydrogens (tertiary/aromatic N) is 3. The lowest BCUT2D eigenvalue weighted by Gasteiger charge is -2.24. The average Bonchev–Trinajstić information content (AvgIpc) is 2.89. The van der Waals surface area contributed by atoms with Crippen molar-refractivity contribution in [3.63, 3.8) is 0 Å². The number of hydrogen-bond acceptors (Lipinski definition) is 4. The fourth-order valence-corrected chi connectivity index (χ4v) is 2.89. The summed E-state index contributed by atoms with van der Waals surface area (Å²) in [5, 5.41) is 8.87. The number of anilines is 1. The highest BCUT2D eigenvalue weighted by Crippen LogP contribution is 2.23. The number of aryl methyl sites for hydroxylation is 1. The lowest BCUT2D eigenvalue weighted by molar-refractivity contribution is -0.118. The number of carbonyl (C=O) groups is 3. The van der Waals surface area contributed by atoms with E-state index in [9.17, 15) is 14.4 Å². The van der Waals surface area contributed by atoms with Gasteiger partial charge in [0, 0.05) is 12.2 Å². The van der Waals surface area contributed by atoms with Crippen LogP contribution in [-0.4, -0.2) is 35.7 Å². The first-order valence-electron chi connectivity index (χ1n) is 8.22. The molecule has 2 aromatic rings. The van der Waals surface area contributed by atoms with Gasteiger partial charge in [0.25, 0.3) is 11.8 Å². The summed E-state index contributed by atoms with van der Waals surface area (Å²) < 4.78 is 0. The van der Waals surface area contributed by atoms with Crippen molar-refractivity contribution in [2.45, 2.75) is 13.3 Å². The van der Waals surface area contributed by atoms with E-state index in [1.165, 1.54) is 4.90 Å². The summed E-state index contributed by atoms with van der Waals surface area (Å²) >= 11 is 0. The van der Waals surface area contributed by atoms with E-state index < -0.39 is 17.7 Å². The third-order valence-corrected chi connectivity index (χ3v) is 4.27. The van der Waals surface area contributed by atoms with E-state index in [-0.39, 0.29) is 19.5 Å². The SMILES string of the molecule is Cc1ccc(N(CCC#N)C(=O)CN2C(=O)c3ccccc3C2=O)cc1.